The number of nitriles is 1. The first kappa shape index (κ1) is 17.6. The number of amides is 1. The van der Waals surface area contributed by atoms with Crippen LogP contribution in [-0.2, 0) is 11.3 Å². The summed E-state index contributed by atoms with van der Waals surface area (Å²) in [7, 11) is 0. The van der Waals surface area contributed by atoms with Gasteiger partial charge in [-0.15, -0.1) is 0 Å². The zero-order valence-corrected chi connectivity index (χ0v) is 14.3. The van der Waals surface area contributed by atoms with E-state index in [1.807, 2.05) is 49.1 Å². The molecule has 2 aromatic rings. The zero-order chi connectivity index (χ0) is 17.5. The molecule has 2 aromatic carbocycles. The number of hydrogen-bond donors (Lipinski definition) is 0. The Morgan fingerprint density at radius 3 is 2.25 bits per heavy atom. The van der Waals surface area contributed by atoms with Crippen molar-refractivity contribution in [3.8, 4) is 11.8 Å². The Morgan fingerprint density at radius 1 is 1.08 bits per heavy atom. The third kappa shape index (κ3) is 4.60. The molecule has 0 heterocycles. The molecule has 4 nitrogen and oxygen atoms in total. The molecule has 1 amide bonds. The monoisotopic (exact) mass is 322 g/mol. The third-order valence-electron chi connectivity index (χ3n) is 3.75. The van der Waals surface area contributed by atoms with E-state index in [-0.39, 0.29) is 11.9 Å². The average molecular weight is 322 g/mol. The first-order valence-electron chi connectivity index (χ1n) is 8.02. The molecule has 124 valence electrons. The molecule has 4 heteroatoms. The molecule has 1 atom stereocenters. The van der Waals surface area contributed by atoms with E-state index in [0.717, 1.165) is 5.56 Å². The Hall–Kier alpha value is -2.80. The van der Waals surface area contributed by atoms with Gasteiger partial charge in [0.15, 0.2) is 6.10 Å². The Morgan fingerprint density at radius 2 is 1.71 bits per heavy atom. The predicted octanol–water partition coefficient (Wildman–Crippen LogP) is 3.76. The number of benzene rings is 2. The SMILES string of the molecule is CC(Oc1ccc(C#N)cc1)C(=O)N(Cc1ccccc1)C(C)C. The lowest BCUT2D eigenvalue weighted by Gasteiger charge is -2.29. The molecular weight excluding hydrogens is 300 g/mol. The molecule has 2 rings (SSSR count). The molecule has 0 radical (unpaired) electrons. The summed E-state index contributed by atoms with van der Waals surface area (Å²) in [5.41, 5.74) is 1.65. The summed E-state index contributed by atoms with van der Waals surface area (Å²) < 4.78 is 5.74. The normalized spacial score (nSPS) is 11.6. The number of rotatable bonds is 6. The molecular formula is C20H22N2O2. The Balaban J connectivity index is 2.06. The number of nitrogens with zero attached hydrogens (tertiary/aromatic N) is 2. The largest absolute Gasteiger partial charge is 0.481 e. The van der Waals surface area contributed by atoms with Gasteiger partial charge >= 0.3 is 0 Å². The summed E-state index contributed by atoms with van der Waals surface area (Å²) in [6.07, 6.45) is -0.593. The molecule has 1 unspecified atom stereocenters. The van der Waals surface area contributed by atoms with Crippen LogP contribution in [0.4, 0.5) is 0 Å². The molecule has 0 saturated carbocycles. The maximum absolute atomic E-state index is 12.8. The molecule has 0 aliphatic carbocycles. The van der Waals surface area contributed by atoms with Crippen LogP contribution in [0, 0.1) is 11.3 Å². The van der Waals surface area contributed by atoms with Crippen molar-refractivity contribution < 1.29 is 9.53 Å². The summed E-state index contributed by atoms with van der Waals surface area (Å²) in [5.74, 6) is 0.525. The van der Waals surface area contributed by atoms with Gasteiger partial charge in [-0.25, -0.2) is 0 Å². The van der Waals surface area contributed by atoms with Crippen LogP contribution in [0.15, 0.2) is 54.6 Å². The number of hydrogen-bond acceptors (Lipinski definition) is 3. The lowest BCUT2D eigenvalue weighted by atomic mass is 10.1. The maximum Gasteiger partial charge on any atom is 0.263 e. The Kier molecular flexibility index (Phi) is 5.97. The van der Waals surface area contributed by atoms with Gasteiger partial charge in [0, 0.05) is 12.6 Å². The van der Waals surface area contributed by atoms with Crippen LogP contribution in [0.1, 0.15) is 31.9 Å². The van der Waals surface area contributed by atoms with Gasteiger partial charge in [-0.05, 0) is 50.6 Å². The fourth-order valence-electron chi connectivity index (χ4n) is 2.39. The average Bonchev–Trinajstić information content (AvgIpc) is 2.60. The van der Waals surface area contributed by atoms with E-state index in [9.17, 15) is 4.79 Å². The number of carbonyl (C=O) groups is 1. The van der Waals surface area contributed by atoms with Crippen LogP contribution in [0.5, 0.6) is 5.75 Å². The summed E-state index contributed by atoms with van der Waals surface area (Å²) in [5, 5.41) is 8.82. The summed E-state index contributed by atoms with van der Waals surface area (Å²) >= 11 is 0. The molecule has 0 saturated heterocycles. The van der Waals surface area contributed by atoms with Crippen LogP contribution in [0.25, 0.3) is 0 Å². The van der Waals surface area contributed by atoms with Crippen LogP contribution in [0.3, 0.4) is 0 Å². The van der Waals surface area contributed by atoms with E-state index >= 15 is 0 Å². The number of carbonyl (C=O) groups excluding carboxylic acids is 1. The predicted molar refractivity (Wildman–Crippen MR) is 93.4 cm³/mol. The molecule has 0 aromatic heterocycles. The van der Waals surface area contributed by atoms with Crippen LogP contribution in [0.2, 0.25) is 0 Å². The minimum Gasteiger partial charge on any atom is -0.481 e. The second-order valence-electron chi connectivity index (χ2n) is 5.94. The van der Waals surface area contributed by atoms with Gasteiger partial charge in [0.05, 0.1) is 11.6 Å². The van der Waals surface area contributed by atoms with E-state index < -0.39 is 6.10 Å². The third-order valence-corrected chi connectivity index (χ3v) is 3.75. The van der Waals surface area contributed by atoms with Gasteiger partial charge in [0.2, 0.25) is 0 Å². The fourth-order valence-corrected chi connectivity index (χ4v) is 2.39. The number of ether oxygens (including phenoxy) is 1. The van der Waals surface area contributed by atoms with Gasteiger partial charge in [-0.2, -0.15) is 5.26 Å². The minimum atomic E-state index is -0.593. The van der Waals surface area contributed by atoms with Crippen molar-refractivity contribution in [3.05, 3.63) is 65.7 Å². The van der Waals surface area contributed by atoms with E-state index in [1.54, 1.807) is 31.2 Å². The molecule has 0 fully saturated rings. The van der Waals surface area contributed by atoms with Crippen molar-refractivity contribution in [1.82, 2.24) is 4.90 Å². The maximum atomic E-state index is 12.8. The lowest BCUT2D eigenvalue weighted by Crippen LogP contribution is -2.43. The van der Waals surface area contributed by atoms with Crippen molar-refractivity contribution >= 4 is 5.91 Å². The summed E-state index contributed by atoms with van der Waals surface area (Å²) in [6.45, 7) is 6.30. The van der Waals surface area contributed by atoms with Crippen LogP contribution in [-0.4, -0.2) is 23.0 Å². The molecule has 0 spiro atoms. The highest BCUT2D eigenvalue weighted by Crippen LogP contribution is 2.16. The highest BCUT2D eigenvalue weighted by molar-refractivity contribution is 5.81. The highest BCUT2D eigenvalue weighted by Gasteiger charge is 2.24. The van der Waals surface area contributed by atoms with Crippen molar-refractivity contribution in [3.63, 3.8) is 0 Å². The van der Waals surface area contributed by atoms with Gasteiger partial charge in [0.25, 0.3) is 5.91 Å². The molecule has 0 aliphatic heterocycles. The van der Waals surface area contributed by atoms with E-state index in [4.69, 9.17) is 10.00 Å². The second kappa shape index (κ2) is 8.16. The molecule has 24 heavy (non-hydrogen) atoms. The van der Waals surface area contributed by atoms with Gasteiger partial charge in [0.1, 0.15) is 5.75 Å². The minimum absolute atomic E-state index is 0.0572. The van der Waals surface area contributed by atoms with Crippen molar-refractivity contribution in [2.24, 2.45) is 0 Å². The van der Waals surface area contributed by atoms with Crippen LogP contribution < -0.4 is 4.74 Å². The smallest absolute Gasteiger partial charge is 0.263 e. The van der Waals surface area contributed by atoms with Crippen molar-refractivity contribution in [2.45, 2.75) is 39.5 Å². The zero-order valence-electron chi connectivity index (χ0n) is 14.3. The Bertz CT molecular complexity index is 703. The first-order chi connectivity index (χ1) is 11.5. The quantitative estimate of drug-likeness (QED) is 0.813. The van der Waals surface area contributed by atoms with E-state index in [2.05, 4.69) is 6.07 Å². The highest BCUT2D eigenvalue weighted by atomic mass is 16.5. The fraction of sp³-hybridized carbons (Fsp3) is 0.300. The van der Waals surface area contributed by atoms with Gasteiger partial charge in [-0.3, -0.25) is 4.79 Å². The molecule has 0 bridgehead atoms. The molecule has 0 N–H and O–H groups in total. The van der Waals surface area contributed by atoms with E-state index in [0.29, 0.717) is 17.9 Å². The summed E-state index contributed by atoms with van der Waals surface area (Å²) in [6, 6.07) is 18.8. The van der Waals surface area contributed by atoms with Crippen LogP contribution >= 0.6 is 0 Å². The topological polar surface area (TPSA) is 53.3 Å². The summed E-state index contributed by atoms with van der Waals surface area (Å²) in [4.78, 5) is 14.6. The van der Waals surface area contributed by atoms with Gasteiger partial charge in [-0.1, -0.05) is 30.3 Å². The van der Waals surface area contributed by atoms with Gasteiger partial charge < -0.3 is 9.64 Å². The van der Waals surface area contributed by atoms with Crippen molar-refractivity contribution in [2.75, 3.05) is 0 Å². The van der Waals surface area contributed by atoms with Crippen molar-refractivity contribution in [1.29, 1.82) is 5.26 Å². The first-order valence-corrected chi connectivity index (χ1v) is 8.02. The second-order valence-corrected chi connectivity index (χ2v) is 5.94. The molecule has 0 aliphatic rings. The van der Waals surface area contributed by atoms with E-state index in [1.165, 1.54) is 0 Å². The lowest BCUT2D eigenvalue weighted by molar-refractivity contribution is -0.140. The standard InChI is InChI=1S/C20H22N2O2/c1-15(2)22(14-18-7-5-4-6-8-18)20(23)16(3)24-19-11-9-17(13-21)10-12-19/h4-12,15-16H,14H2,1-3H3. The Labute approximate surface area is 143 Å².